The highest BCUT2D eigenvalue weighted by atomic mass is 35.5. The summed E-state index contributed by atoms with van der Waals surface area (Å²) in [7, 11) is 3.18. The number of halogens is 1. The Morgan fingerprint density at radius 2 is 1.71 bits per heavy atom. The predicted molar refractivity (Wildman–Crippen MR) is 110 cm³/mol. The average Bonchev–Trinajstić information content (AvgIpc) is 2.73. The number of benzene rings is 3. The van der Waals surface area contributed by atoms with Gasteiger partial charge in [-0.2, -0.15) is 0 Å². The first-order valence-electron chi connectivity index (χ1n) is 8.60. The van der Waals surface area contributed by atoms with E-state index in [9.17, 15) is 4.79 Å². The number of carbonyl (C=O) groups excluding carboxylic acids is 1. The summed E-state index contributed by atoms with van der Waals surface area (Å²) in [6.45, 7) is 0.240. The van der Waals surface area contributed by atoms with Crippen LogP contribution in [0.2, 0.25) is 5.02 Å². The summed E-state index contributed by atoms with van der Waals surface area (Å²) in [6.07, 6.45) is 0. The monoisotopic (exact) mass is 397 g/mol. The van der Waals surface area contributed by atoms with Crippen LogP contribution in [-0.2, 0) is 6.61 Å². The Balaban J connectivity index is 1.77. The lowest BCUT2D eigenvalue weighted by molar-refractivity contribution is 0.102. The molecule has 0 saturated heterocycles. The molecule has 0 unspecified atom stereocenters. The number of hydrogen-bond donors (Lipinski definition) is 1. The molecule has 1 amide bonds. The molecule has 0 bridgehead atoms. The summed E-state index contributed by atoms with van der Waals surface area (Å²) in [5.74, 6) is 1.74. The van der Waals surface area contributed by atoms with Gasteiger partial charge in [-0.15, -0.1) is 0 Å². The molecule has 0 aliphatic carbocycles. The second-order valence-electron chi connectivity index (χ2n) is 5.93. The van der Waals surface area contributed by atoms with Crippen LogP contribution in [0.5, 0.6) is 17.2 Å². The zero-order valence-electron chi connectivity index (χ0n) is 15.6. The molecule has 144 valence electrons. The fourth-order valence-corrected chi connectivity index (χ4v) is 2.82. The third kappa shape index (κ3) is 4.75. The largest absolute Gasteiger partial charge is 0.497 e. The van der Waals surface area contributed by atoms with Crippen molar-refractivity contribution < 1.29 is 19.0 Å². The predicted octanol–water partition coefficient (Wildman–Crippen LogP) is 5.19. The fraction of sp³-hybridized carbons (Fsp3) is 0.136. The van der Waals surface area contributed by atoms with Crippen LogP contribution in [0.3, 0.4) is 0 Å². The fourth-order valence-electron chi connectivity index (χ4n) is 2.64. The number of ether oxygens (including phenoxy) is 3. The van der Waals surface area contributed by atoms with E-state index in [1.54, 1.807) is 56.7 Å². The van der Waals surface area contributed by atoms with Gasteiger partial charge in [-0.25, -0.2) is 0 Å². The molecule has 0 aromatic heterocycles. The van der Waals surface area contributed by atoms with Crippen LogP contribution in [0.15, 0.2) is 66.7 Å². The van der Waals surface area contributed by atoms with Crippen molar-refractivity contribution in [1.29, 1.82) is 0 Å². The molecule has 5 nitrogen and oxygen atoms in total. The molecular formula is C22H20ClNO4. The Bertz CT molecular complexity index is 974. The quantitative estimate of drug-likeness (QED) is 0.596. The molecule has 0 aliphatic rings. The number of para-hydroxylation sites is 1. The summed E-state index contributed by atoms with van der Waals surface area (Å²) in [5.41, 5.74) is 1.78. The molecule has 1 N–H and O–H groups in total. The van der Waals surface area contributed by atoms with Crippen LogP contribution in [0, 0.1) is 0 Å². The molecule has 0 spiro atoms. The normalized spacial score (nSPS) is 10.2. The lowest BCUT2D eigenvalue weighted by Gasteiger charge is -2.13. The third-order valence-corrected chi connectivity index (χ3v) is 4.43. The van der Waals surface area contributed by atoms with E-state index in [0.29, 0.717) is 33.5 Å². The molecule has 0 fully saturated rings. The van der Waals surface area contributed by atoms with Crippen molar-refractivity contribution in [2.24, 2.45) is 0 Å². The maximum absolute atomic E-state index is 12.6. The van der Waals surface area contributed by atoms with Gasteiger partial charge in [0, 0.05) is 17.2 Å². The maximum Gasteiger partial charge on any atom is 0.255 e. The number of carbonyl (C=O) groups is 1. The van der Waals surface area contributed by atoms with Gasteiger partial charge < -0.3 is 19.5 Å². The minimum absolute atomic E-state index is 0.240. The third-order valence-electron chi connectivity index (χ3n) is 4.10. The highest BCUT2D eigenvalue weighted by Crippen LogP contribution is 2.26. The number of methoxy groups -OCH3 is 2. The first-order chi connectivity index (χ1) is 13.6. The number of anilines is 1. The van der Waals surface area contributed by atoms with E-state index in [2.05, 4.69) is 5.32 Å². The molecule has 0 saturated carbocycles. The van der Waals surface area contributed by atoms with Gasteiger partial charge in [-0.05, 0) is 42.5 Å². The Kier molecular flexibility index (Phi) is 6.40. The van der Waals surface area contributed by atoms with Gasteiger partial charge in [-0.3, -0.25) is 4.79 Å². The first kappa shape index (κ1) is 19.6. The maximum atomic E-state index is 12.6. The Hall–Kier alpha value is -3.18. The highest BCUT2D eigenvalue weighted by Gasteiger charge is 2.12. The average molecular weight is 398 g/mol. The van der Waals surface area contributed by atoms with Crippen molar-refractivity contribution in [3.05, 3.63) is 82.9 Å². The molecule has 3 rings (SSSR count). The Morgan fingerprint density at radius 1 is 0.929 bits per heavy atom. The van der Waals surface area contributed by atoms with Crippen molar-refractivity contribution in [1.82, 2.24) is 0 Å². The highest BCUT2D eigenvalue weighted by molar-refractivity contribution is 6.33. The van der Waals surface area contributed by atoms with Crippen molar-refractivity contribution in [3.8, 4) is 17.2 Å². The number of nitrogens with one attached hydrogen (secondary N) is 1. The summed E-state index contributed by atoms with van der Waals surface area (Å²) in [6, 6.07) is 19.6. The number of hydrogen-bond acceptors (Lipinski definition) is 4. The van der Waals surface area contributed by atoms with Crippen LogP contribution in [0.1, 0.15) is 15.9 Å². The molecule has 6 heteroatoms. The second kappa shape index (κ2) is 9.15. The minimum atomic E-state index is -0.265. The van der Waals surface area contributed by atoms with Gasteiger partial charge in [0.2, 0.25) is 0 Å². The topological polar surface area (TPSA) is 56.8 Å². The zero-order chi connectivity index (χ0) is 19.9. The van der Waals surface area contributed by atoms with Gasteiger partial charge in [0.05, 0.1) is 24.9 Å². The smallest absolute Gasteiger partial charge is 0.255 e. The molecule has 0 radical (unpaired) electrons. The summed E-state index contributed by atoms with van der Waals surface area (Å²) >= 11 is 6.11. The molecule has 3 aromatic carbocycles. The van der Waals surface area contributed by atoms with E-state index >= 15 is 0 Å². The van der Waals surface area contributed by atoms with Crippen LogP contribution < -0.4 is 19.5 Å². The van der Waals surface area contributed by atoms with Crippen LogP contribution in [-0.4, -0.2) is 20.1 Å². The van der Waals surface area contributed by atoms with Crippen molar-refractivity contribution in [3.63, 3.8) is 0 Å². The molecule has 28 heavy (non-hydrogen) atoms. The van der Waals surface area contributed by atoms with Crippen molar-refractivity contribution >= 4 is 23.2 Å². The summed E-state index contributed by atoms with van der Waals surface area (Å²) in [4.78, 5) is 12.6. The van der Waals surface area contributed by atoms with Crippen molar-refractivity contribution in [2.75, 3.05) is 19.5 Å². The molecule has 0 heterocycles. The van der Waals surface area contributed by atoms with Crippen LogP contribution in [0.25, 0.3) is 0 Å². The van der Waals surface area contributed by atoms with Crippen molar-refractivity contribution in [2.45, 2.75) is 6.61 Å². The lowest BCUT2D eigenvalue weighted by Crippen LogP contribution is -2.13. The van der Waals surface area contributed by atoms with E-state index in [-0.39, 0.29) is 12.5 Å². The molecular weight excluding hydrogens is 378 g/mol. The van der Waals surface area contributed by atoms with E-state index in [4.69, 9.17) is 25.8 Å². The Labute approximate surface area is 168 Å². The molecule has 3 aromatic rings. The minimum Gasteiger partial charge on any atom is -0.497 e. The van der Waals surface area contributed by atoms with Gasteiger partial charge >= 0.3 is 0 Å². The molecule has 0 atom stereocenters. The van der Waals surface area contributed by atoms with Gasteiger partial charge in [0.1, 0.15) is 23.9 Å². The number of rotatable bonds is 7. The first-order valence-corrected chi connectivity index (χ1v) is 8.98. The standard InChI is InChI=1S/C22H20ClNO4/c1-26-17-6-5-7-18(13-17)28-14-16-12-15(10-11-21(16)27-2)22(25)24-20-9-4-3-8-19(20)23/h3-13H,14H2,1-2H3,(H,24,25). The van der Waals surface area contributed by atoms with Gasteiger partial charge in [-0.1, -0.05) is 29.8 Å². The molecule has 0 aliphatic heterocycles. The van der Waals surface area contributed by atoms with Crippen LogP contribution in [0.4, 0.5) is 5.69 Å². The van der Waals surface area contributed by atoms with E-state index < -0.39 is 0 Å². The van der Waals surface area contributed by atoms with E-state index in [1.165, 1.54) is 0 Å². The summed E-state index contributed by atoms with van der Waals surface area (Å²) in [5, 5.41) is 3.29. The number of amides is 1. The van der Waals surface area contributed by atoms with E-state index in [0.717, 1.165) is 5.56 Å². The van der Waals surface area contributed by atoms with Gasteiger partial charge in [0.15, 0.2) is 0 Å². The lowest BCUT2D eigenvalue weighted by atomic mass is 10.1. The zero-order valence-corrected chi connectivity index (χ0v) is 16.3. The van der Waals surface area contributed by atoms with E-state index in [1.807, 2.05) is 24.3 Å². The summed E-state index contributed by atoms with van der Waals surface area (Å²) < 4.78 is 16.4. The second-order valence-corrected chi connectivity index (χ2v) is 6.34. The van der Waals surface area contributed by atoms with Gasteiger partial charge in [0.25, 0.3) is 5.91 Å². The Morgan fingerprint density at radius 3 is 2.46 bits per heavy atom. The van der Waals surface area contributed by atoms with Crippen LogP contribution >= 0.6 is 11.6 Å². The SMILES string of the molecule is COc1cccc(OCc2cc(C(=O)Nc3ccccc3Cl)ccc2OC)c1.